The lowest BCUT2D eigenvalue weighted by Gasteiger charge is -2.38. The highest BCUT2D eigenvalue weighted by atomic mass is 16.5. The largest absolute Gasteiger partial charge is 0.493 e. The molecule has 0 radical (unpaired) electrons. The molecule has 1 aliphatic carbocycles. The van der Waals surface area contributed by atoms with Crippen molar-refractivity contribution in [3.05, 3.63) is 23.8 Å². The van der Waals surface area contributed by atoms with Crippen LogP contribution in [-0.4, -0.2) is 87.1 Å². The van der Waals surface area contributed by atoms with Crippen molar-refractivity contribution in [2.75, 3.05) is 48.0 Å². The minimum atomic E-state index is -0.719. The van der Waals surface area contributed by atoms with Crippen LogP contribution in [0.5, 0.6) is 11.5 Å². The zero-order valence-corrected chi connectivity index (χ0v) is 19.4. The number of rotatable bonds is 10. The third-order valence-corrected chi connectivity index (χ3v) is 6.82. The zero-order valence-electron chi connectivity index (χ0n) is 19.4. The first kappa shape index (κ1) is 23.8. The summed E-state index contributed by atoms with van der Waals surface area (Å²) >= 11 is 0. The molecule has 1 aromatic rings. The fourth-order valence-electron chi connectivity index (χ4n) is 5.27. The maximum Gasteiger partial charge on any atom is 0.321 e. The summed E-state index contributed by atoms with van der Waals surface area (Å²) in [5, 5.41) is 9.65. The number of carboxylic acids is 1. The van der Waals surface area contributed by atoms with Gasteiger partial charge in [0.2, 0.25) is 0 Å². The minimum absolute atomic E-state index is 0.168. The summed E-state index contributed by atoms with van der Waals surface area (Å²) in [4.78, 5) is 16.1. The Morgan fingerprint density at radius 3 is 2.58 bits per heavy atom. The lowest BCUT2D eigenvalue weighted by Crippen LogP contribution is -2.48. The van der Waals surface area contributed by atoms with E-state index in [4.69, 9.17) is 14.2 Å². The number of carboxylic acid groups (broad SMARTS) is 1. The van der Waals surface area contributed by atoms with E-state index in [1.54, 1.807) is 14.2 Å². The molecule has 3 rings (SSSR count). The molecule has 7 heteroatoms. The molecule has 2 aliphatic rings. The number of benzene rings is 1. The molecule has 1 heterocycles. The normalized spacial score (nSPS) is 25.5. The van der Waals surface area contributed by atoms with Crippen LogP contribution in [0.15, 0.2) is 18.2 Å². The number of carbonyl (C=O) groups is 1. The van der Waals surface area contributed by atoms with Gasteiger partial charge in [-0.3, -0.25) is 14.6 Å². The van der Waals surface area contributed by atoms with Gasteiger partial charge < -0.3 is 19.3 Å². The quantitative estimate of drug-likeness (QED) is 0.607. The van der Waals surface area contributed by atoms with Crippen molar-refractivity contribution in [3.8, 4) is 11.5 Å². The van der Waals surface area contributed by atoms with E-state index in [9.17, 15) is 9.90 Å². The molecule has 0 bridgehead atoms. The van der Waals surface area contributed by atoms with E-state index in [-0.39, 0.29) is 12.0 Å². The second kappa shape index (κ2) is 11.2. The highest BCUT2D eigenvalue weighted by Crippen LogP contribution is 2.32. The average molecular weight is 435 g/mol. The maximum absolute atomic E-state index is 11.7. The topological polar surface area (TPSA) is 71.5 Å². The summed E-state index contributed by atoms with van der Waals surface area (Å²) in [5.74, 6) is 0.929. The fraction of sp³-hybridized carbons (Fsp3) is 0.708. The Kier molecular flexibility index (Phi) is 8.58. The lowest BCUT2D eigenvalue weighted by molar-refractivity contribution is -0.144. The minimum Gasteiger partial charge on any atom is -0.493 e. The Hall–Kier alpha value is -1.83. The van der Waals surface area contributed by atoms with Crippen LogP contribution >= 0.6 is 0 Å². The predicted octanol–water partition coefficient (Wildman–Crippen LogP) is 2.91. The maximum atomic E-state index is 11.7. The molecule has 1 unspecified atom stereocenters. The van der Waals surface area contributed by atoms with Crippen LogP contribution < -0.4 is 9.47 Å². The smallest absolute Gasteiger partial charge is 0.321 e. The van der Waals surface area contributed by atoms with Crippen molar-refractivity contribution in [2.45, 2.75) is 56.7 Å². The third-order valence-electron chi connectivity index (χ3n) is 6.82. The van der Waals surface area contributed by atoms with Crippen LogP contribution in [0.25, 0.3) is 0 Å². The highest BCUT2D eigenvalue weighted by Gasteiger charge is 2.40. The fourth-order valence-corrected chi connectivity index (χ4v) is 5.27. The number of likely N-dealkylation sites (tertiary alicyclic amines) is 1. The summed E-state index contributed by atoms with van der Waals surface area (Å²) < 4.78 is 17.1. The molecule has 0 aromatic heterocycles. The molecule has 2 fully saturated rings. The van der Waals surface area contributed by atoms with Crippen LogP contribution in [0.3, 0.4) is 0 Å². The number of hydrogen-bond donors (Lipinski definition) is 1. The van der Waals surface area contributed by atoms with Gasteiger partial charge in [0.05, 0.1) is 26.9 Å². The van der Waals surface area contributed by atoms with Gasteiger partial charge in [-0.05, 0) is 69.9 Å². The van der Waals surface area contributed by atoms with E-state index < -0.39 is 12.0 Å². The van der Waals surface area contributed by atoms with Crippen molar-refractivity contribution in [2.24, 2.45) is 5.92 Å². The Morgan fingerprint density at radius 1 is 1.16 bits per heavy atom. The van der Waals surface area contributed by atoms with Crippen LogP contribution in [-0.2, 0) is 16.0 Å². The van der Waals surface area contributed by atoms with Gasteiger partial charge >= 0.3 is 5.97 Å². The van der Waals surface area contributed by atoms with Crippen LogP contribution in [0.1, 0.15) is 37.7 Å². The molecule has 0 amide bonds. The van der Waals surface area contributed by atoms with Gasteiger partial charge in [-0.1, -0.05) is 18.9 Å². The van der Waals surface area contributed by atoms with Gasteiger partial charge in [0.15, 0.2) is 11.5 Å². The van der Waals surface area contributed by atoms with Crippen LogP contribution in [0.4, 0.5) is 0 Å². The van der Waals surface area contributed by atoms with Crippen LogP contribution in [0.2, 0.25) is 0 Å². The zero-order chi connectivity index (χ0) is 22.4. The number of ether oxygens (including phenoxy) is 3. The summed E-state index contributed by atoms with van der Waals surface area (Å²) in [6.45, 7) is 2.47. The summed E-state index contributed by atoms with van der Waals surface area (Å²) in [6, 6.07) is 5.98. The Balaban J connectivity index is 1.56. The SMILES string of the molecule is COc1ccc(CCO[C@H]2CCCC[C@H]2N2CCC([C@H](C(=O)O)N(C)C)C2)cc1OC. The molecule has 4 atom stereocenters. The van der Waals surface area contributed by atoms with Crippen molar-refractivity contribution in [1.82, 2.24) is 9.80 Å². The molecule has 1 N–H and O–H groups in total. The first-order chi connectivity index (χ1) is 14.9. The lowest BCUT2D eigenvalue weighted by atomic mass is 9.91. The number of hydrogen-bond acceptors (Lipinski definition) is 6. The second-order valence-electron chi connectivity index (χ2n) is 8.99. The van der Waals surface area contributed by atoms with Crippen molar-refractivity contribution in [3.63, 3.8) is 0 Å². The molecule has 1 saturated carbocycles. The van der Waals surface area contributed by atoms with E-state index in [1.807, 2.05) is 31.1 Å². The highest BCUT2D eigenvalue weighted by molar-refractivity contribution is 5.74. The number of aliphatic carboxylic acids is 1. The van der Waals surface area contributed by atoms with Gasteiger partial charge in [-0.2, -0.15) is 0 Å². The average Bonchev–Trinajstić information content (AvgIpc) is 3.22. The van der Waals surface area contributed by atoms with Gasteiger partial charge in [-0.15, -0.1) is 0 Å². The van der Waals surface area contributed by atoms with Crippen molar-refractivity contribution < 1.29 is 24.1 Å². The second-order valence-corrected chi connectivity index (χ2v) is 8.99. The Morgan fingerprint density at radius 2 is 1.90 bits per heavy atom. The van der Waals surface area contributed by atoms with E-state index in [1.165, 1.54) is 18.4 Å². The summed E-state index contributed by atoms with van der Waals surface area (Å²) in [5.41, 5.74) is 1.17. The Bertz CT molecular complexity index is 726. The molecule has 7 nitrogen and oxygen atoms in total. The number of methoxy groups -OCH3 is 2. The first-order valence-corrected chi connectivity index (χ1v) is 11.4. The molecular weight excluding hydrogens is 396 g/mol. The van der Waals surface area contributed by atoms with E-state index in [0.717, 1.165) is 50.3 Å². The molecule has 1 aromatic carbocycles. The van der Waals surface area contributed by atoms with E-state index in [0.29, 0.717) is 12.6 Å². The molecule has 31 heavy (non-hydrogen) atoms. The number of likely N-dealkylation sites (N-methyl/N-ethyl adjacent to an activating group) is 1. The van der Waals surface area contributed by atoms with Crippen LogP contribution in [0, 0.1) is 5.92 Å². The van der Waals surface area contributed by atoms with E-state index >= 15 is 0 Å². The van der Waals surface area contributed by atoms with Gasteiger partial charge in [0, 0.05) is 12.6 Å². The Labute approximate surface area is 186 Å². The molecule has 0 spiro atoms. The van der Waals surface area contributed by atoms with E-state index in [2.05, 4.69) is 11.0 Å². The predicted molar refractivity (Wildman–Crippen MR) is 120 cm³/mol. The monoisotopic (exact) mass is 434 g/mol. The first-order valence-electron chi connectivity index (χ1n) is 11.4. The molecule has 1 saturated heterocycles. The molecule has 1 aliphatic heterocycles. The van der Waals surface area contributed by atoms with Crippen molar-refractivity contribution in [1.29, 1.82) is 0 Å². The third kappa shape index (κ3) is 5.90. The summed E-state index contributed by atoms with van der Waals surface area (Å²) in [6.07, 6.45) is 6.61. The van der Waals surface area contributed by atoms with Gasteiger partial charge in [0.25, 0.3) is 0 Å². The summed E-state index contributed by atoms with van der Waals surface area (Å²) in [7, 11) is 7.02. The standard InChI is InChI=1S/C24H38N2O5/c1-25(2)23(24(27)28)18-11-13-26(16-18)19-7-5-6-8-20(19)31-14-12-17-9-10-21(29-3)22(15-17)30-4/h9-10,15,18-20,23H,5-8,11-14,16H2,1-4H3,(H,27,28)/t18?,19-,20+,23-/m1/s1. The van der Waals surface area contributed by atoms with Gasteiger partial charge in [0.1, 0.15) is 6.04 Å². The molecular formula is C24H38N2O5. The van der Waals surface area contributed by atoms with Gasteiger partial charge in [-0.25, -0.2) is 0 Å². The number of nitrogens with zero attached hydrogens (tertiary/aromatic N) is 2. The van der Waals surface area contributed by atoms with Crippen molar-refractivity contribution >= 4 is 5.97 Å². The molecule has 174 valence electrons.